The largest absolute Gasteiger partial charge is 0.316 e. The summed E-state index contributed by atoms with van der Waals surface area (Å²) >= 11 is 0. The van der Waals surface area contributed by atoms with Gasteiger partial charge in [0, 0.05) is 0 Å². The van der Waals surface area contributed by atoms with E-state index in [1.807, 2.05) is 0 Å². The van der Waals surface area contributed by atoms with Crippen molar-refractivity contribution in [2.45, 2.75) is 38.5 Å². The lowest BCUT2D eigenvalue weighted by Gasteiger charge is -2.22. The fourth-order valence-electron chi connectivity index (χ4n) is 2.57. The Labute approximate surface area is 93.6 Å². The minimum Gasteiger partial charge on any atom is -0.316 e. The normalized spacial score (nSPS) is 30.7. The van der Waals surface area contributed by atoms with Crippen LogP contribution in [0.2, 0.25) is 0 Å². The molecule has 0 aromatic heterocycles. The van der Waals surface area contributed by atoms with Gasteiger partial charge in [-0.05, 0) is 63.5 Å². The molecule has 2 aliphatic rings. The molecule has 0 aromatic rings. The Hall–Kier alpha value is -0.560. The summed E-state index contributed by atoms with van der Waals surface area (Å²) in [5.74, 6) is 1.79. The highest BCUT2D eigenvalue weighted by Gasteiger charge is 2.12. The second kappa shape index (κ2) is 6.12. The first kappa shape index (κ1) is 10.9. The summed E-state index contributed by atoms with van der Waals surface area (Å²) in [5.41, 5.74) is 0. The zero-order chi connectivity index (χ0) is 10.3. The molecule has 0 aliphatic heterocycles. The van der Waals surface area contributed by atoms with Crippen LogP contribution < -0.4 is 5.32 Å². The lowest BCUT2D eigenvalue weighted by molar-refractivity contribution is 0.390. The third-order valence-electron chi connectivity index (χ3n) is 3.62. The van der Waals surface area contributed by atoms with Crippen molar-refractivity contribution in [2.75, 3.05) is 13.1 Å². The van der Waals surface area contributed by atoms with Gasteiger partial charge in [-0.25, -0.2) is 0 Å². The molecule has 0 fully saturated rings. The van der Waals surface area contributed by atoms with E-state index in [1.54, 1.807) is 0 Å². The Morgan fingerprint density at radius 3 is 1.73 bits per heavy atom. The van der Waals surface area contributed by atoms with Gasteiger partial charge in [0.2, 0.25) is 0 Å². The first-order chi connectivity index (χ1) is 7.45. The van der Waals surface area contributed by atoms with Crippen LogP contribution in [0.1, 0.15) is 38.5 Å². The average molecular weight is 205 g/mol. The summed E-state index contributed by atoms with van der Waals surface area (Å²) in [6, 6.07) is 0. The molecule has 0 aromatic carbocycles. The van der Waals surface area contributed by atoms with Gasteiger partial charge in [-0.15, -0.1) is 0 Å². The molecule has 2 rings (SSSR count). The second-order valence-corrected chi connectivity index (χ2v) is 4.96. The fraction of sp³-hybridized carbons (Fsp3) is 0.714. The van der Waals surface area contributed by atoms with Crippen LogP contribution >= 0.6 is 0 Å². The van der Waals surface area contributed by atoms with E-state index >= 15 is 0 Å². The predicted molar refractivity (Wildman–Crippen MR) is 65.8 cm³/mol. The molecule has 0 heterocycles. The van der Waals surface area contributed by atoms with Gasteiger partial charge >= 0.3 is 0 Å². The van der Waals surface area contributed by atoms with Crippen LogP contribution in [0.4, 0.5) is 0 Å². The lowest BCUT2D eigenvalue weighted by Crippen LogP contribution is -2.29. The first-order valence-electron chi connectivity index (χ1n) is 6.46. The molecule has 0 bridgehead atoms. The highest BCUT2D eigenvalue weighted by atomic mass is 14.9. The topological polar surface area (TPSA) is 12.0 Å². The molecule has 0 amide bonds. The summed E-state index contributed by atoms with van der Waals surface area (Å²) in [5, 5.41) is 3.66. The van der Waals surface area contributed by atoms with Gasteiger partial charge in [0.25, 0.3) is 0 Å². The zero-order valence-electron chi connectivity index (χ0n) is 9.62. The quantitative estimate of drug-likeness (QED) is 0.694. The number of rotatable bonds is 4. The molecule has 1 nitrogen and oxygen atoms in total. The van der Waals surface area contributed by atoms with Crippen LogP contribution in [-0.2, 0) is 0 Å². The molecule has 0 saturated carbocycles. The Bertz CT molecular complexity index is 205. The highest BCUT2D eigenvalue weighted by molar-refractivity contribution is 4.92. The molecule has 2 atom stereocenters. The third-order valence-corrected chi connectivity index (χ3v) is 3.62. The second-order valence-electron chi connectivity index (χ2n) is 4.96. The van der Waals surface area contributed by atoms with Gasteiger partial charge < -0.3 is 5.32 Å². The van der Waals surface area contributed by atoms with Gasteiger partial charge in [0.15, 0.2) is 0 Å². The van der Waals surface area contributed by atoms with Crippen LogP contribution in [0.15, 0.2) is 24.3 Å². The molecular weight excluding hydrogens is 182 g/mol. The molecule has 1 N–H and O–H groups in total. The Morgan fingerprint density at radius 1 is 0.800 bits per heavy atom. The smallest absolute Gasteiger partial charge is 0.00173 e. The van der Waals surface area contributed by atoms with E-state index in [-0.39, 0.29) is 0 Å². The van der Waals surface area contributed by atoms with Gasteiger partial charge in [-0.3, -0.25) is 0 Å². The highest BCUT2D eigenvalue weighted by Crippen LogP contribution is 2.19. The van der Waals surface area contributed by atoms with Gasteiger partial charge in [-0.1, -0.05) is 24.3 Å². The predicted octanol–water partition coefficient (Wildman–Crippen LogP) is 3.29. The van der Waals surface area contributed by atoms with E-state index in [1.165, 1.54) is 51.6 Å². The first-order valence-corrected chi connectivity index (χ1v) is 6.46. The summed E-state index contributed by atoms with van der Waals surface area (Å²) < 4.78 is 0. The third kappa shape index (κ3) is 3.83. The SMILES string of the molecule is C1=CCC(CNCC2CC=CCC2)CC1. The molecule has 0 saturated heterocycles. The molecule has 2 unspecified atom stereocenters. The zero-order valence-corrected chi connectivity index (χ0v) is 9.62. The van der Waals surface area contributed by atoms with E-state index in [0.29, 0.717) is 0 Å². The van der Waals surface area contributed by atoms with E-state index < -0.39 is 0 Å². The fourth-order valence-corrected chi connectivity index (χ4v) is 2.57. The summed E-state index contributed by atoms with van der Waals surface area (Å²) in [7, 11) is 0. The molecule has 0 spiro atoms. The number of nitrogens with one attached hydrogen (secondary N) is 1. The average Bonchev–Trinajstić information content (AvgIpc) is 2.32. The van der Waals surface area contributed by atoms with Crippen LogP contribution in [0.3, 0.4) is 0 Å². The van der Waals surface area contributed by atoms with Crippen LogP contribution in [0, 0.1) is 11.8 Å². The van der Waals surface area contributed by atoms with Gasteiger partial charge in [-0.2, -0.15) is 0 Å². The van der Waals surface area contributed by atoms with E-state index in [2.05, 4.69) is 29.6 Å². The van der Waals surface area contributed by atoms with E-state index in [9.17, 15) is 0 Å². The van der Waals surface area contributed by atoms with Crippen molar-refractivity contribution in [1.29, 1.82) is 0 Å². The van der Waals surface area contributed by atoms with Gasteiger partial charge in [0.1, 0.15) is 0 Å². The number of hydrogen-bond acceptors (Lipinski definition) is 1. The van der Waals surface area contributed by atoms with Crippen molar-refractivity contribution in [2.24, 2.45) is 11.8 Å². The molecule has 15 heavy (non-hydrogen) atoms. The van der Waals surface area contributed by atoms with E-state index in [4.69, 9.17) is 0 Å². The van der Waals surface area contributed by atoms with Crippen LogP contribution in [-0.4, -0.2) is 13.1 Å². The summed E-state index contributed by atoms with van der Waals surface area (Å²) in [4.78, 5) is 0. The Morgan fingerprint density at radius 2 is 1.33 bits per heavy atom. The minimum absolute atomic E-state index is 0.897. The Balaban J connectivity index is 1.57. The standard InChI is InChI=1S/C14H23N/c1-3-7-13(8-4-1)11-15-12-14-9-5-2-6-10-14/h1-3,5,13-15H,4,6-12H2. The van der Waals surface area contributed by atoms with Crippen LogP contribution in [0.5, 0.6) is 0 Å². The maximum absolute atomic E-state index is 3.66. The van der Waals surface area contributed by atoms with Crippen molar-refractivity contribution in [3.05, 3.63) is 24.3 Å². The van der Waals surface area contributed by atoms with Crippen molar-refractivity contribution in [3.8, 4) is 0 Å². The maximum Gasteiger partial charge on any atom is -0.00173 e. The van der Waals surface area contributed by atoms with Gasteiger partial charge in [0.05, 0.1) is 0 Å². The van der Waals surface area contributed by atoms with Crippen molar-refractivity contribution < 1.29 is 0 Å². The Kier molecular flexibility index (Phi) is 4.46. The summed E-state index contributed by atoms with van der Waals surface area (Å²) in [6.07, 6.45) is 17.3. The van der Waals surface area contributed by atoms with Crippen molar-refractivity contribution in [3.63, 3.8) is 0 Å². The monoisotopic (exact) mass is 205 g/mol. The minimum atomic E-state index is 0.897. The molecule has 0 radical (unpaired) electrons. The molecule has 1 heteroatoms. The molecule has 84 valence electrons. The van der Waals surface area contributed by atoms with Crippen LogP contribution in [0.25, 0.3) is 0 Å². The van der Waals surface area contributed by atoms with E-state index in [0.717, 1.165) is 11.8 Å². The lowest BCUT2D eigenvalue weighted by atomic mass is 9.92. The number of allylic oxidation sites excluding steroid dienone is 4. The maximum atomic E-state index is 3.66. The summed E-state index contributed by atoms with van der Waals surface area (Å²) in [6.45, 7) is 2.45. The van der Waals surface area contributed by atoms with Crippen molar-refractivity contribution in [1.82, 2.24) is 5.32 Å². The molecule has 2 aliphatic carbocycles. The number of hydrogen-bond donors (Lipinski definition) is 1. The van der Waals surface area contributed by atoms with Crippen molar-refractivity contribution >= 4 is 0 Å². The molecular formula is C14H23N.